The van der Waals surface area contributed by atoms with Crippen LogP contribution in [0.15, 0.2) is 36.5 Å². The molecule has 0 aliphatic carbocycles. The van der Waals surface area contributed by atoms with Crippen LogP contribution in [0.25, 0.3) is 11.3 Å². The van der Waals surface area contributed by atoms with Crippen molar-refractivity contribution in [1.29, 1.82) is 0 Å². The third kappa shape index (κ3) is 2.11. The average molecular weight is 254 g/mol. The van der Waals surface area contributed by atoms with Gasteiger partial charge in [-0.25, -0.2) is 0 Å². The van der Waals surface area contributed by atoms with E-state index in [9.17, 15) is 0 Å². The topological polar surface area (TPSA) is 50.9 Å². The van der Waals surface area contributed by atoms with Crippen molar-refractivity contribution in [2.75, 3.05) is 5.43 Å². The third-order valence-corrected chi connectivity index (χ3v) is 2.73. The molecule has 3 N–H and O–H groups in total. The van der Waals surface area contributed by atoms with Crippen molar-refractivity contribution in [3.8, 4) is 11.3 Å². The normalized spacial score (nSPS) is 10.2. The maximum absolute atomic E-state index is 6.13. The molecule has 1 heterocycles. The van der Waals surface area contributed by atoms with Crippen LogP contribution in [0, 0.1) is 0 Å². The Morgan fingerprint density at radius 2 is 1.81 bits per heavy atom. The molecule has 0 radical (unpaired) electrons. The minimum atomic E-state index is 0.513. The molecule has 0 bridgehead atoms. The highest BCUT2D eigenvalue weighted by molar-refractivity contribution is 6.39. The number of rotatable bonds is 2. The first-order chi connectivity index (χ1) is 7.72. The van der Waals surface area contributed by atoms with Gasteiger partial charge in [-0.2, -0.15) is 0 Å². The molecular weight excluding hydrogens is 245 g/mol. The smallest absolute Gasteiger partial charge is 0.0731 e. The average Bonchev–Trinajstić information content (AvgIpc) is 2.29. The standard InChI is InChI=1S/C11H9Cl2N3/c12-8-5-7(16-14)6-9(13)11(8)10-3-1-2-4-15-10/h1-6,16H,14H2. The summed E-state index contributed by atoms with van der Waals surface area (Å²) >= 11 is 12.3. The monoisotopic (exact) mass is 253 g/mol. The Kier molecular flexibility index (Phi) is 3.29. The van der Waals surface area contributed by atoms with E-state index < -0.39 is 0 Å². The van der Waals surface area contributed by atoms with Crippen LogP contribution in [0.3, 0.4) is 0 Å². The van der Waals surface area contributed by atoms with Crippen LogP contribution in [0.2, 0.25) is 10.0 Å². The van der Waals surface area contributed by atoms with Gasteiger partial charge < -0.3 is 5.43 Å². The van der Waals surface area contributed by atoms with Crippen molar-refractivity contribution >= 4 is 28.9 Å². The van der Waals surface area contributed by atoms with Gasteiger partial charge in [-0.15, -0.1) is 0 Å². The van der Waals surface area contributed by atoms with Gasteiger partial charge in [0.15, 0.2) is 0 Å². The van der Waals surface area contributed by atoms with Crippen molar-refractivity contribution in [3.63, 3.8) is 0 Å². The van der Waals surface area contributed by atoms with Crippen LogP contribution in [0.1, 0.15) is 0 Å². The second-order valence-electron chi connectivity index (χ2n) is 3.17. The molecule has 1 aromatic carbocycles. The third-order valence-electron chi connectivity index (χ3n) is 2.13. The van der Waals surface area contributed by atoms with Gasteiger partial charge in [0, 0.05) is 11.8 Å². The SMILES string of the molecule is NNc1cc(Cl)c(-c2ccccn2)c(Cl)c1. The van der Waals surface area contributed by atoms with Crippen LogP contribution in [0.5, 0.6) is 0 Å². The van der Waals surface area contributed by atoms with Gasteiger partial charge in [0.25, 0.3) is 0 Å². The number of hydrogen-bond acceptors (Lipinski definition) is 3. The van der Waals surface area contributed by atoms with Crippen molar-refractivity contribution in [3.05, 3.63) is 46.6 Å². The minimum Gasteiger partial charge on any atom is -0.324 e. The molecule has 0 saturated heterocycles. The Hall–Kier alpha value is -1.29. The minimum absolute atomic E-state index is 0.513. The first-order valence-corrected chi connectivity index (χ1v) is 5.35. The summed E-state index contributed by atoms with van der Waals surface area (Å²) in [6, 6.07) is 8.97. The molecule has 2 rings (SSSR count). The fourth-order valence-electron chi connectivity index (χ4n) is 1.41. The van der Waals surface area contributed by atoms with Crippen molar-refractivity contribution in [1.82, 2.24) is 4.98 Å². The predicted octanol–water partition coefficient (Wildman–Crippen LogP) is 3.34. The molecule has 0 fully saturated rings. The number of anilines is 1. The summed E-state index contributed by atoms with van der Waals surface area (Å²) in [5, 5.41) is 1.03. The molecule has 1 aromatic heterocycles. The number of hydrogen-bond donors (Lipinski definition) is 2. The van der Waals surface area contributed by atoms with Crippen LogP contribution in [0.4, 0.5) is 5.69 Å². The zero-order chi connectivity index (χ0) is 11.5. The maximum atomic E-state index is 6.13. The Morgan fingerprint density at radius 3 is 2.31 bits per heavy atom. The molecule has 0 unspecified atom stereocenters. The maximum Gasteiger partial charge on any atom is 0.0731 e. The van der Waals surface area contributed by atoms with E-state index in [0.717, 1.165) is 5.69 Å². The summed E-state index contributed by atoms with van der Waals surface area (Å²) in [7, 11) is 0. The fourth-order valence-corrected chi connectivity index (χ4v) is 2.09. The van der Waals surface area contributed by atoms with E-state index in [1.54, 1.807) is 18.3 Å². The molecular formula is C11H9Cl2N3. The lowest BCUT2D eigenvalue weighted by molar-refractivity contribution is 1.32. The quantitative estimate of drug-likeness (QED) is 0.638. The molecule has 0 amide bonds. The number of nitrogens with two attached hydrogens (primary N) is 1. The molecule has 0 spiro atoms. The predicted molar refractivity (Wildman–Crippen MR) is 67.5 cm³/mol. The van der Waals surface area contributed by atoms with Gasteiger partial charge in [0.1, 0.15) is 0 Å². The van der Waals surface area contributed by atoms with E-state index in [2.05, 4.69) is 10.4 Å². The molecule has 82 valence electrons. The Bertz CT molecular complexity index is 477. The summed E-state index contributed by atoms with van der Waals surface area (Å²) in [5.74, 6) is 5.29. The van der Waals surface area contributed by atoms with E-state index >= 15 is 0 Å². The fraction of sp³-hybridized carbons (Fsp3) is 0. The largest absolute Gasteiger partial charge is 0.324 e. The van der Waals surface area contributed by atoms with E-state index in [1.807, 2.05) is 18.2 Å². The van der Waals surface area contributed by atoms with E-state index in [-0.39, 0.29) is 0 Å². The number of benzene rings is 1. The number of hydrazine groups is 1. The Balaban J connectivity index is 2.58. The lowest BCUT2D eigenvalue weighted by Crippen LogP contribution is -2.06. The highest BCUT2D eigenvalue weighted by Gasteiger charge is 2.10. The highest BCUT2D eigenvalue weighted by Crippen LogP contribution is 2.35. The van der Waals surface area contributed by atoms with E-state index in [1.165, 1.54) is 0 Å². The van der Waals surface area contributed by atoms with Crippen molar-refractivity contribution < 1.29 is 0 Å². The number of aromatic nitrogens is 1. The van der Waals surface area contributed by atoms with Gasteiger partial charge in [0.05, 0.1) is 21.4 Å². The number of nitrogens with one attached hydrogen (secondary N) is 1. The lowest BCUT2D eigenvalue weighted by Gasteiger charge is -2.08. The van der Waals surface area contributed by atoms with Gasteiger partial charge in [-0.1, -0.05) is 29.3 Å². The first kappa shape index (κ1) is 11.2. The summed E-state index contributed by atoms with van der Waals surface area (Å²) in [6.07, 6.45) is 1.69. The first-order valence-electron chi connectivity index (χ1n) is 4.59. The molecule has 2 aromatic rings. The Morgan fingerprint density at radius 1 is 1.12 bits per heavy atom. The zero-order valence-electron chi connectivity index (χ0n) is 8.24. The number of halogens is 2. The van der Waals surface area contributed by atoms with Gasteiger partial charge >= 0.3 is 0 Å². The van der Waals surface area contributed by atoms with Crippen molar-refractivity contribution in [2.45, 2.75) is 0 Å². The van der Waals surface area contributed by atoms with Gasteiger partial charge in [-0.05, 0) is 24.3 Å². The van der Waals surface area contributed by atoms with Crippen LogP contribution < -0.4 is 11.3 Å². The van der Waals surface area contributed by atoms with E-state index in [0.29, 0.717) is 21.3 Å². The van der Waals surface area contributed by atoms with Crippen molar-refractivity contribution in [2.24, 2.45) is 5.84 Å². The highest BCUT2D eigenvalue weighted by atomic mass is 35.5. The summed E-state index contributed by atoms with van der Waals surface area (Å²) in [6.45, 7) is 0. The molecule has 0 aliphatic heterocycles. The number of nitrogens with zero attached hydrogens (tertiary/aromatic N) is 1. The molecule has 0 saturated carbocycles. The number of pyridine rings is 1. The lowest BCUT2D eigenvalue weighted by atomic mass is 10.1. The number of nitrogen functional groups attached to an aromatic ring is 1. The molecule has 3 nitrogen and oxygen atoms in total. The second kappa shape index (κ2) is 4.70. The second-order valence-corrected chi connectivity index (χ2v) is 3.99. The molecule has 0 atom stereocenters. The summed E-state index contributed by atoms with van der Waals surface area (Å²) < 4.78 is 0. The summed E-state index contributed by atoms with van der Waals surface area (Å²) in [5.41, 5.74) is 4.61. The van der Waals surface area contributed by atoms with Gasteiger partial charge in [-0.3, -0.25) is 10.8 Å². The van der Waals surface area contributed by atoms with Crippen LogP contribution in [-0.2, 0) is 0 Å². The van der Waals surface area contributed by atoms with Crippen LogP contribution >= 0.6 is 23.2 Å². The zero-order valence-corrected chi connectivity index (χ0v) is 9.76. The van der Waals surface area contributed by atoms with Gasteiger partial charge in [0.2, 0.25) is 0 Å². The molecule has 16 heavy (non-hydrogen) atoms. The van der Waals surface area contributed by atoms with E-state index in [4.69, 9.17) is 29.0 Å². The van der Waals surface area contributed by atoms with Crippen LogP contribution in [-0.4, -0.2) is 4.98 Å². The molecule has 0 aliphatic rings. The summed E-state index contributed by atoms with van der Waals surface area (Å²) in [4.78, 5) is 4.21. The Labute approximate surface area is 103 Å². The molecule has 5 heteroatoms.